The van der Waals surface area contributed by atoms with Gasteiger partial charge in [-0.1, -0.05) is 81.4 Å². The van der Waals surface area contributed by atoms with Crippen LogP contribution in [0.3, 0.4) is 0 Å². The lowest BCUT2D eigenvalue weighted by Gasteiger charge is -2.52. The fourth-order valence-electron chi connectivity index (χ4n) is 6.44. The zero-order valence-electron chi connectivity index (χ0n) is 22.7. The van der Waals surface area contributed by atoms with E-state index < -0.39 is 14.8 Å². The third-order valence-electron chi connectivity index (χ3n) is 8.03. The Labute approximate surface area is 225 Å². The van der Waals surface area contributed by atoms with E-state index in [0.717, 1.165) is 25.9 Å². The first-order chi connectivity index (χ1) is 17.2. The van der Waals surface area contributed by atoms with Crippen molar-refractivity contribution in [3.05, 3.63) is 60.7 Å². The number of fused-ring (bicyclic) bond motifs is 3. The number of piperidine rings is 3. The van der Waals surface area contributed by atoms with E-state index in [2.05, 4.69) is 86.3 Å². The zero-order valence-corrected chi connectivity index (χ0v) is 25.4. The lowest BCUT2D eigenvalue weighted by atomic mass is 9.76. The average molecular weight is 546 g/mol. The average Bonchev–Trinajstić information content (AvgIpc) is 2.86. The number of benzene rings is 2. The topological polar surface area (TPSA) is 30.9 Å². The van der Waals surface area contributed by atoms with Gasteiger partial charge in [-0.2, -0.15) is 0 Å². The van der Waals surface area contributed by atoms with Crippen molar-refractivity contribution in [1.29, 1.82) is 0 Å². The van der Waals surface area contributed by atoms with Gasteiger partial charge in [-0.3, -0.25) is 4.90 Å². The number of hydrogen-bond donors (Lipinski definition) is 0. The SMILES string of the molecule is CCOP(=S)(C[C@H]1CN2CC[C@H]1C[C@H]2CO[Si](c1ccccc1)(c1ccccc1)C(C)(C)C)OCC. The highest BCUT2D eigenvalue weighted by atomic mass is 32.5. The summed E-state index contributed by atoms with van der Waals surface area (Å²) in [6, 6.07) is 22.4. The predicted octanol–water partition coefficient (Wildman–Crippen LogP) is 5.66. The molecule has 3 aliphatic rings. The van der Waals surface area contributed by atoms with E-state index in [4.69, 9.17) is 25.3 Å². The van der Waals surface area contributed by atoms with E-state index in [1.54, 1.807) is 0 Å². The molecule has 3 saturated heterocycles. The smallest absolute Gasteiger partial charge is 0.261 e. The maximum atomic E-state index is 7.31. The Morgan fingerprint density at radius 2 is 1.50 bits per heavy atom. The molecular weight excluding hydrogens is 501 g/mol. The van der Waals surface area contributed by atoms with Gasteiger partial charge in [-0.15, -0.1) is 0 Å². The van der Waals surface area contributed by atoms with Gasteiger partial charge in [0.15, 0.2) is 6.49 Å². The minimum atomic E-state index is -2.52. The van der Waals surface area contributed by atoms with Crippen molar-refractivity contribution in [3.8, 4) is 0 Å². The molecule has 0 aromatic heterocycles. The molecule has 0 amide bonds. The first-order valence-electron chi connectivity index (χ1n) is 13.6. The molecule has 2 aromatic carbocycles. The van der Waals surface area contributed by atoms with Crippen LogP contribution < -0.4 is 10.4 Å². The first-order valence-corrected chi connectivity index (χ1v) is 18.3. The molecule has 4 atom stereocenters. The number of rotatable bonds is 11. The third kappa shape index (κ3) is 5.91. The molecule has 198 valence electrons. The van der Waals surface area contributed by atoms with Gasteiger partial charge in [0.05, 0.1) is 19.8 Å². The molecule has 3 heterocycles. The van der Waals surface area contributed by atoms with Crippen LogP contribution in [0.15, 0.2) is 60.7 Å². The first kappa shape index (κ1) is 28.2. The molecule has 4 nitrogen and oxygen atoms in total. The van der Waals surface area contributed by atoms with Crippen LogP contribution in [0, 0.1) is 11.8 Å². The second-order valence-electron chi connectivity index (χ2n) is 11.3. The van der Waals surface area contributed by atoms with Crippen LogP contribution in [0.2, 0.25) is 5.04 Å². The summed E-state index contributed by atoms with van der Waals surface area (Å²) in [7, 11) is -2.52. The van der Waals surface area contributed by atoms with Gasteiger partial charge in [0.25, 0.3) is 8.32 Å². The van der Waals surface area contributed by atoms with Crippen molar-refractivity contribution in [2.75, 3.05) is 39.1 Å². The quantitative estimate of drug-likeness (QED) is 0.269. The molecule has 0 saturated carbocycles. The van der Waals surface area contributed by atoms with Crippen LogP contribution in [0.5, 0.6) is 0 Å². The highest BCUT2D eigenvalue weighted by Crippen LogP contribution is 2.53. The molecule has 3 aliphatic heterocycles. The zero-order chi connectivity index (χ0) is 25.8. The molecule has 2 aromatic rings. The summed E-state index contributed by atoms with van der Waals surface area (Å²) >= 11 is 5.90. The van der Waals surface area contributed by atoms with E-state index in [1.807, 2.05) is 13.8 Å². The fourth-order valence-corrected chi connectivity index (χ4v) is 14.3. The predicted molar refractivity (Wildman–Crippen MR) is 158 cm³/mol. The fraction of sp³-hybridized carbons (Fsp3) is 0.586. The Kier molecular flexibility index (Phi) is 9.31. The van der Waals surface area contributed by atoms with E-state index in [1.165, 1.54) is 23.2 Å². The molecule has 0 N–H and O–H groups in total. The molecule has 2 bridgehead atoms. The third-order valence-corrected chi connectivity index (χ3v) is 16.3. The minimum Gasteiger partial charge on any atom is -0.406 e. The molecule has 5 rings (SSSR count). The molecular formula is C29H44NO3PSSi. The second kappa shape index (κ2) is 11.9. The summed E-state index contributed by atoms with van der Waals surface area (Å²) in [4.78, 5) is 2.67. The summed E-state index contributed by atoms with van der Waals surface area (Å²) in [5, 5.41) is 2.71. The summed E-state index contributed by atoms with van der Waals surface area (Å²) in [6.07, 6.45) is 3.32. The van der Waals surface area contributed by atoms with Crippen molar-refractivity contribution in [3.63, 3.8) is 0 Å². The van der Waals surface area contributed by atoms with Gasteiger partial charge in [0.2, 0.25) is 0 Å². The Bertz CT molecular complexity index is 967. The van der Waals surface area contributed by atoms with Crippen molar-refractivity contribution < 1.29 is 13.5 Å². The van der Waals surface area contributed by atoms with Crippen LogP contribution >= 0.6 is 6.49 Å². The van der Waals surface area contributed by atoms with Crippen LogP contribution in [-0.4, -0.2) is 58.3 Å². The standard InChI is InChI=1S/C29H44NO3PSSi/c1-6-31-34(35,32-7-2)23-25-21-30-19-18-24(25)20-26(30)22-33-36(29(3,4)5,27-14-10-8-11-15-27)28-16-12-9-13-17-28/h8-17,24-26H,6-7,18-23H2,1-5H3/t24-,25+,26-/m0/s1. The normalized spacial score (nSPS) is 24.7. The number of hydrogen-bond acceptors (Lipinski definition) is 5. The van der Waals surface area contributed by atoms with Crippen molar-refractivity contribution in [2.24, 2.45) is 11.8 Å². The second-order valence-corrected chi connectivity index (χ2v) is 19.4. The molecule has 0 spiro atoms. The maximum Gasteiger partial charge on any atom is 0.261 e. The summed E-state index contributed by atoms with van der Waals surface area (Å²) in [5.74, 6) is 1.23. The van der Waals surface area contributed by atoms with Gasteiger partial charge >= 0.3 is 0 Å². The van der Waals surface area contributed by atoms with Gasteiger partial charge < -0.3 is 13.5 Å². The molecule has 0 aliphatic carbocycles. The van der Waals surface area contributed by atoms with Crippen LogP contribution in [0.4, 0.5) is 0 Å². The molecule has 3 fully saturated rings. The maximum absolute atomic E-state index is 7.31. The van der Waals surface area contributed by atoms with Crippen LogP contribution in [0.25, 0.3) is 0 Å². The van der Waals surface area contributed by atoms with Crippen LogP contribution in [0.1, 0.15) is 47.5 Å². The van der Waals surface area contributed by atoms with Gasteiger partial charge in [-0.25, -0.2) is 0 Å². The molecule has 36 heavy (non-hydrogen) atoms. The monoisotopic (exact) mass is 545 g/mol. The van der Waals surface area contributed by atoms with Gasteiger partial charge in [0.1, 0.15) is 0 Å². The van der Waals surface area contributed by atoms with Crippen molar-refractivity contribution in [1.82, 2.24) is 4.90 Å². The van der Waals surface area contributed by atoms with E-state index in [0.29, 0.717) is 31.1 Å². The summed E-state index contributed by atoms with van der Waals surface area (Å²) < 4.78 is 19.3. The van der Waals surface area contributed by atoms with E-state index >= 15 is 0 Å². The highest BCUT2D eigenvalue weighted by Gasteiger charge is 2.51. The molecule has 0 radical (unpaired) electrons. The lowest BCUT2D eigenvalue weighted by molar-refractivity contribution is -0.0122. The Balaban J connectivity index is 1.55. The molecule has 1 unspecified atom stereocenters. The highest BCUT2D eigenvalue weighted by molar-refractivity contribution is 8.09. The van der Waals surface area contributed by atoms with E-state index in [9.17, 15) is 0 Å². The Morgan fingerprint density at radius 1 is 0.944 bits per heavy atom. The minimum absolute atomic E-state index is 0.00263. The van der Waals surface area contributed by atoms with Crippen molar-refractivity contribution in [2.45, 2.75) is 58.5 Å². The summed E-state index contributed by atoms with van der Waals surface area (Å²) in [5.41, 5.74) is 0. The summed E-state index contributed by atoms with van der Waals surface area (Å²) in [6.45, 7) is 13.2. The Hall–Kier alpha value is -0.853. The van der Waals surface area contributed by atoms with Crippen molar-refractivity contribution >= 4 is 37.0 Å². The molecule has 7 heteroatoms. The van der Waals surface area contributed by atoms with E-state index in [-0.39, 0.29) is 5.04 Å². The Morgan fingerprint density at radius 3 is 1.94 bits per heavy atom. The van der Waals surface area contributed by atoms with Gasteiger partial charge in [0, 0.05) is 18.7 Å². The largest absolute Gasteiger partial charge is 0.406 e. The number of nitrogens with zero attached hydrogens (tertiary/aromatic N) is 1. The van der Waals surface area contributed by atoms with Crippen LogP contribution in [-0.2, 0) is 25.3 Å². The lowest BCUT2D eigenvalue weighted by Crippen LogP contribution is -2.68. The van der Waals surface area contributed by atoms with Gasteiger partial charge in [-0.05, 0) is 72.3 Å².